The van der Waals surface area contributed by atoms with Crippen molar-refractivity contribution in [3.8, 4) is 0 Å². The van der Waals surface area contributed by atoms with Crippen molar-refractivity contribution in [3.05, 3.63) is 38.9 Å². The van der Waals surface area contributed by atoms with Gasteiger partial charge in [-0.3, -0.25) is 9.36 Å². The fourth-order valence-electron chi connectivity index (χ4n) is 2.39. The van der Waals surface area contributed by atoms with E-state index in [1.807, 2.05) is 13.8 Å². The standard InChI is InChI=1S/C13H12BrFN2O/c1-13(2)6-17-11(10(13)15)16-9-5-7(14)3-4-8(9)12(17)18/h3-5,10H,6H2,1-2H3. The third-order valence-electron chi connectivity index (χ3n) is 3.43. The lowest BCUT2D eigenvalue weighted by atomic mass is 9.90. The molecule has 0 saturated heterocycles. The van der Waals surface area contributed by atoms with Crippen LogP contribution in [0.3, 0.4) is 0 Å². The molecule has 5 heteroatoms. The highest BCUT2D eigenvalue weighted by Crippen LogP contribution is 2.42. The number of rotatable bonds is 0. The summed E-state index contributed by atoms with van der Waals surface area (Å²) in [6.07, 6.45) is -1.20. The van der Waals surface area contributed by atoms with Crippen LogP contribution in [-0.4, -0.2) is 9.55 Å². The summed E-state index contributed by atoms with van der Waals surface area (Å²) in [4.78, 5) is 16.6. The molecule has 2 aromatic rings. The molecule has 0 amide bonds. The van der Waals surface area contributed by atoms with Crippen molar-refractivity contribution in [1.82, 2.24) is 9.55 Å². The van der Waals surface area contributed by atoms with Gasteiger partial charge in [0.25, 0.3) is 5.56 Å². The van der Waals surface area contributed by atoms with Gasteiger partial charge in [-0.15, -0.1) is 0 Å². The van der Waals surface area contributed by atoms with Crippen molar-refractivity contribution < 1.29 is 4.39 Å². The Morgan fingerprint density at radius 1 is 1.50 bits per heavy atom. The monoisotopic (exact) mass is 310 g/mol. The van der Waals surface area contributed by atoms with Gasteiger partial charge in [-0.2, -0.15) is 0 Å². The third-order valence-corrected chi connectivity index (χ3v) is 3.92. The van der Waals surface area contributed by atoms with E-state index in [1.165, 1.54) is 4.57 Å². The SMILES string of the molecule is CC1(C)Cn2c(nc3cc(Br)ccc3c2=O)C1F. The van der Waals surface area contributed by atoms with Crippen LogP contribution in [0.5, 0.6) is 0 Å². The highest BCUT2D eigenvalue weighted by Gasteiger charge is 2.41. The summed E-state index contributed by atoms with van der Waals surface area (Å²) in [5, 5.41) is 0.534. The molecule has 3 rings (SSSR count). The summed E-state index contributed by atoms with van der Waals surface area (Å²) < 4.78 is 16.6. The van der Waals surface area contributed by atoms with E-state index in [4.69, 9.17) is 0 Å². The number of halogens is 2. The maximum Gasteiger partial charge on any atom is 0.261 e. The largest absolute Gasteiger partial charge is 0.293 e. The Labute approximate surface area is 112 Å². The van der Waals surface area contributed by atoms with Crippen LogP contribution in [0.1, 0.15) is 25.8 Å². The molecule has 2 heterocycles. The first kappa shape index (κ1) is 11.8. The van der Waals surface area contributed by atoms with Gasteiger partial charge in [0.2, 0.25) is 0 Å². The zero-order valence-electron chi connectivity index (χ0n) is 10.1. The minimum atomic E-state index is -1.20. The van der Waals surface area contributed by atoms with Crippen molar-refractivity contribution in [2.45, 2.75) is 26.6 Å². The first-order chi connectivity index (χ1) is 8.40. The predicted octanol–water partition coefficient (Wildman–Crippen LogP) is 3.21. The minimum absolute atomic E-state index is 0.157. The normalized spacial score (nSPS) is 21.2. The summed E-state index contributed by atoms with van der Waals surface area (Å²) >= 11 is 3.33. The van der Waals surface area contributed by atoms with E-state index in [0.717, 1.165) is 4.47 Å². The van der Waals surface area contributed by atoms with Gasteiger partial charge in [-0.05, 0) is 18.2 Å². The zero-order valence-corrected chi connectivity index (χ0v) is 11.7. The molecule has 3 nitrogen and oxygen atoms in total. The second-order valence-electron chi connectivity index (χ2n) is 5.37. The molecule has 0 bridgehead atoms. The number of fused-ring (bicyclic) bond motifs is 2. The van der Waals surface area contributed by atoms with E-state index in [-0.39, 0.29) is 11.4 Å². The Balaban J connectivity index is 2.38. The number of nitrogens with zero attached hydrogens (tertiary/aromatic N) is 2. The molecule has 0 aliphatic carbocycles. The van der Waals surface area contributed by atoms with Gasteiger partial charge in [-0.25, -0.2) is 9.37 Å². The van der Waals surface area contributed by atoms with Crippen molar-refractivity contribution in [2.75, 3.05) is 0 Å². The summed E-state index contributed by atoms with van der Waals surface area (Å²) in [7, 11) is 0. The molecule has 94 valence electrons. The van der Waals surface area contributed by atoms with Crippen LogP contribution in [0.4, 0.5) is 4.39 Å². The molecule has 1 aliphatic rings. The van der Waals surface area contributed by atoms with E-state index in [1.54, 1.807) is 18.2 Å². The molecule has 1 unspecified atom stereocenters. The van der Waals surface area contributed by atoms with Gasteiger partial charge >= 0.3 is 0 Å². The molecule has 0 spiro atoms. The summed E-state index contributed by atoms with van der Waals surface area (Å²) in [5.74, 6) is 0.246. The maximum atomic E-state index is 14.3. The second kappa shape index (κ2) is 3.63. The molecule has 0 fully saturated rings. The van der Waals surface area contributed by atoms with E-state index in [2.05, 4.69) is 20.9 Å². The molecule has 1 aliphatic heterocycles. The van der Waals surface area contributed by atoms with Crippen LogP contribution in [0.15, 0.2) is 27.5 Å². The number of hydrogen-bond acceptors (Lipinski definition) is 2. The summed E-state index contributed by atoms with van der Waals surface area (Å²) in [6, 6.07) is 5.27. The summed E-state index contributed by atoms with van der Waals surface area (Å²) in [5.41, 5.74) is -0.190. The third kappa shape index (κ3) is 1.53. The predicted molar refractivity (Wildman–Crippen MR) is 71.3 cm³/mol. The first-order valence-electron chi connectivity index (χ1n) is 5.74. The van der Waals surface area contributed by atoms with Crippen LogP contribution in [-0.2, 0) is 6.54 Å². The lowest BCUT2D eigenvalue weighted by molar-refractivity contribution is 0.160. The van der Waals surface area contributed by atoms with E-state index in [0.29, 0.717) is 17.4 Å². The number of aromatic nitrogens is 2. The zero-order chi connectivity index (χ0) is 13.1. The number of alkyl halides is 1. The Bertz CT molecular complexity index is 708. The lowest BCUT2D eigenvalue weighted by Crippen LogP contribution is -2.22. The van der Waals surface area contributed by atoms with Gasteiger partial charge in [0.15, 0.2) is 6.17 Å². The number of benzene rings is 1. The average Bonchev–Trinajstić information content (AvgIpc) is 2.52. The Morgan fingerprint density at radius 2 is 2.22 bits per heavy atom. The fraction of sp³-hybridized carbons (Fsp3) is 0.385. The van der Waals surface area contributed by atoms with E-state index in [9.17, 15) is 9.18 Å². The Kier molecular flexibility index (Phi) is 2.39. The van der Waals surface area contributed by atoms with Crippen LogP contribution >= 0.6 is 15.9 Å². The molecule has 1 atom stereocenters. The van der Waals surface area contributed by atoms with Gasteiger partial charge in [0, 0.05) is 16.4 Å². The van der Waals surface area contributed by atoms with Gasteiger partial charge in [0.1, 0.15) is 5.82 Å². The fourth-order valence-corrected chi connectivity index (χ4v) is 2.74. The molecule has 18 heavy (non-hydrogen) atoms. The summed E-state index contributed by atoms with van der Waals surface area (Å²) in [6.45, 7) is 4.00. The molecule has 0 saturated carbocycles. The van der Waals surface area contributed by atoms with Crippen LogP contribution in [0.2, 0.25) is 0 Å². The Hall–Kier alpha value is -1.23. The first-order valence-corrected chi connectivity index (χ1v) is 6.53. The van der Waals surface area contributed by atoms with Crippen LogP contribution < -0.4 is 5.56 Å². The molecule has 1 aromatic heterocycles. The quantitative estimate of drug-likeness (QED) is 0.749. The van der Waals surface area contributed by atoms with Gasteiger partial charge < -0.3 is 0 Å². The van der Waals surface area contributed by atoms with E-state index >= 15 is 0 Å². The molecule has 0 N–H and O–H groups in total. The molecule has 1 aromatic carbocycles. The topological polar surface area (TPSA) is 34.9 Å². The van der Waals surface area contributed by atoms with Crippen LogP contribution in [0, 0.1) is 5.41 Å². The molecular weight excluding hydrogens is 299 g/mol. The second-order valence-corrected chi connectivity index (χ2v) is 6.29. The molecular formula is C13H12BrFN2O. The highest BCUT2D eigenvalue weighted by molar-refractivity contribution is 9.10. The van der Waals surface area contributed by atoms with Crippen molar-refractivity contribution in [2.24, 2.45) is 5.41 Å². The van der Waals surface area contributed by atoms with Crippen LogP contribution in [0.25, 0.3) is 10.9 Å². The van der Waals surface area contributed by atoms with Crippen molar-refractivity contribution in [1.29, 1.82) is 0 Å². The Morgan fingerprint density at radius 3 is 2.94 bits per heavy atom. The van der Waals surface area contributed by atoms with Gasteiger partial charge in [-0.1, -0.05) is 29.8 Å². The molecule has 0 radical (unpaired) electrons. The number of hydrogen-bond donors (Lipinski definition) is 0. The maximum absolute atomic E-state index is 14.3. The van der Waals surface area contributed by atoms with Crippen molar-refractivity contribution in [3.63, 3.8) is 0 Å². The van der Waals surface area contributed by atoms with Gasteiger partial charge in [0.05, 0.1) is 10.9 Å². The highest BCUT2D eigenvalue weighted by atomic mass is 79.9. The van der Waals surface area contributed by atoms with E-state index < -0.39 is 11.6 Å². The average molecular weight is 311 g/mol. The van der Waals surface area contributed by atoms with Crippen molar-refractivity contribution >= 4 is 26.8 Å². The smallest absolute Gasteiger partial charge is 0.261 e. The minimum Gasteiger partial charge on any atom is -0.293 e. The lowest BCUT2D eigenvalue weighted by Gasteiger charge is -2.17.